The summed E-state index contributed by atoms with van der Waals surface area (Å²) in [5.74, 6) is 0.854. The van der Waals surface area contributed by atoms with Gasteiger partial charge in [0.15, 0.2) is 0 Å². The molecule has 1 aromatic rings. The fourth-order valence-electron chi connectivity index (χ4n) is 1.17. The Balaban J connectivity index is 2.32. The highest BCUT2D eigenvalue weighted by Gasteiger charge is 2.02. The van der Waals surface area contributed by atoms with Gasteiger partial charge in [-0.3, -0.25) is 0 Å². The Hall–Kier alpha value is -1.16. The van der Waals surface area contributed by atoms with Crippen LogP contribution in [0.4, 0.5) is 5.82 Å². The van der Waals surface area contributed by atoms with Crippen molar-refractivity contribution >= 4 is 5.82 Å². The molecule has 1 rings (SSSR count). The van der Waals surface area contributed by atoms with Gasteiger partial charge < -0.3 is 10.2 Å². The van der Waals surface area contributed by atoms with Gasteiger partial charge in [0.1, 0.15) is 5.82 Å². The predicted molar refractivity (Wildman–Crippen MR) is 63.0 cm³/mol. The third-order valence-corrected chi connectivity index (χ3v) is 2.44. The van der Waals surface area contributed by atoms with Crippen molar-refractivity contribution in [3.63, 3.8) is 0 Å². The van der Waals surface area contributed by atoms with E-state index >= 15 is 0 Å². The van der Waals surface area contributed by atoms with Crippen LogP contribution in [0.2, 0.25) is 0 Å². The van der Waals surface area contributed by atoms with Gasteiger partial charge in [-0.15, -0.1) is 5.10 Å². The Morgan fingerprint density at radius 1 is 1.47 bits per heavy atom. The van der Waals surface area contributed by atoms with Gasteiger partial charge in [-0.05, 0) is 39.4 Å². The van der Waals surface area contributed by atoms with Gasteiger partial charge in [-0.1, -0.05) is 0 Å². The second-order valence-corrected chi connectivity index (χ2v) is 4.12. The number of likely N-dealkylation sites (N-methyl/N-ethyl adjacent to an activating group) is 1. The molecule has 0 saturated heterocycles. The molecule has 0 radical (unpaired) electrons. The van der Waals surface area contributed by atoms with Crippen LogP contribution in [0.3, 0.4) is 0 Å². The summed E-state index contributed by atoms with van der Waals surface area (Å²) in [5.41, 5.74) is 1.13. The molecule has 0 amide bonds. The van der Waals surface area contributed by atoms with Crippen molar-refractivity contribution in [1.82, 2.24) is 15.1 Å². The second-order valence-electron chi connectivity index (χ2n) is 4.12. The first-order chi connectivity index (χ1) is 7.09. The van der Waals surface area contributed by atoms with Crippen molar-refractivity contribution in [3.8, 4) is 0 Å². The van der Waals surface area contributed by atoms with E-state index in [0.29, 0.717) is 6.04 Å². The van der Waals surface area contributed by atoms with E-state index in [1.165, 1.54) is 0 Å². The standard InChI is InChI=1S/C11H20N4/c1-9(2)15(4)6-5-12-11-7-10(3)8-13-14-11/h7-9H,5-6H2,1-4H3,(H,12,14). The van der Waals surface area contributed by atoms with E-state index in [9.17, 15) is 0 Å². The molecular formula is C11H20N4. The number of hydrogen-bond donors (Lipinski definition) is 1. The summed E-state index contributed by atoms with van der Waals surface area (Å²) in [4.78, 5) is 2.29. The maximum Gasteiger partial charge on any atom is 0.148 e. The number of anilines is 1. The van der Waals surface area contributed by atoms with E-state index < -0.39 is 0 Å². The minimum Gasteiger partial charge on any atom is -0.367 e. The Morgan fingerprint density at radius 3 is 2.80 bits per heavy atom. The first kappa shape index (κ1) is 11.9. The zero-order valence-electron chi connectivity index (χ0n) is 9.99. The zero-order valence-corrected chi connectivity index (χ0v) is 9.99. The molecule has 0 aliphatic heterocycles. The molecule has 0 spiro atoms. The number of aromatic nitrogens is 2. The van der Waals surface area contributed by atoms with Crippen molar-refractivity contribution in [2.75, 3.05) is 25.5 Å². The van der Waals surface area contributed by atoms with Gasteiger partial charge in [0, 0.05) is 19.1 Å². The third kappa shape index (κ3) is 4.25. The highest BCUT2D eigenvalue weighted by molar-refractivity contribution is 5.34. The average Bonchev–Trinajstić information content (AvgIpc) is 2.17. The molecule has 0 unspecified atom stereocenters. The van der Waals surface area contributed by atoms with E-state index in [1.807, 2.05) is 13.0 Å². The normalized spacial score (nSPS) is 11.1. The summed E-state index contributed by atoms with van der Waals surface area (Å²) >= 11 is 0. The fourth-order valence-corrected chi connectivity index (χ4v) is 1.17. The lowest BCUT2D eigenvalue weighted by atomic mass is 10.3. The molecule has 0 fully saturated rings. The van der Waals surface area contributed by atoms with Crippen molar-refractivity contribution in [2.24, 2.45) is 0 Å². The molecule has 4 heteroatoms. The van der Waals surface area contributed by atoms with Crippen LogP contribution in [0.1, 0.15) is 19.4 Å². The van der Waals surface area contributed by atoms with Crippen LogP contribution in [0, 0.1) is 6.92 Å². The topological polar surface area (TPSA) is 41.1 Å². The van der Waals surface area contributed by atoms with E-state index in [4.69, 9.17) is 0 Å². The van der Waals surface area contributed by atoms with Gasteiger partial charge in [0.25, 0.3) is 0 Å². The third-order valence-electron chi connectivity index (χ3n) is 2.44. The molecule has 1 N–H and O–H groups in total. The van der Waals surface area contributed by atoms with Crippen molar-refractivity contribution in [2.45, 2.75) is 26.8 Å². The molecule has 0 saturated carbocycles. The van der Waals surface area contributed by atoms with Crippen molar-refractivity contribution in [1.29, 1.82) is 0 Å². The molecule has 0 aliphatic rings. The number of hydrogen-bond acceptors (Lipinski definition) is 4. The fraction of sp³-hybridized carbons (Fsp3) is 0.636. The van der Waals surface area contributed by atoms with Gasteiger partial charge in [-0.2, -0.15) is 5.10 Å². The number of nitrogens with zero attached hydrogens (tertiary/aromatic N) is 3. The molecule has 1 heterocycles. The highest BCUT2D eigenvalue weighted by Crippen LogP contribution is 2.02. The molecule has 4 nitrogen and oxygen atoms in total. The van der Waals surface area contributed by atoms with E-state index in [2.05, 4.69) is 41.3 Å². The maximum atomic E-state index is 4.00. The summed E-state index contributed by atoms with van der Waals surface area (Å²) < 4.78 is 0. The molecular weight excluding hydrogens is 188 g/mol. The van der Waals surface area contributed by atoms with E-state index in [0.717, 1.165) is 24.5 Å². The molecule has 0 aromatic carbocycles. The Kier molecular flexibility index (Phi) is 4.49. The monoisotopic (exact) mass is 208 g/mol. The van der Waals surface area contributed by atoms with Crippen LogP contribution in [0.25, 0.3) is 0 Å². The molecule has 0 aliphatic carbocycles. The minimum atomic E-state index is 0.579. The zero-order chi connectivity index (χ0) is 11.3. The quantitative estimate of drug-likeness (QED) is 0.797. The smallest absolute Gasteiger partial charge is 0.148 e. The van der Waals surface area contributed by atoms with Gasteiger partial charge in [-0.25, -0.2) is 0 Å². The summed E-state index contributed by atoms with van der Waals surface area (Å²) in [5, 5.41) is 11.1. The summed E-state index contributed by atoms with van der Waals surface area (Å²) in [6.45, 7) is 8.29. The van der Waals surface area contributed by atoms with Crippen LogP contribution in [0.15, 0.2) is 12.3 Å². The van der Waals surface area contributed by atoms with Gasteiger partial charge >= 0.3 is 0 Å². The van der Waals surface area contributed by atoms with Crippen LogP contribution in [-0.2, 0) is 0 Å². The van der Waals surface area contributed by atoms with Gasteiger partial charge in [0.2, 0.25) is 0 Å². The molecule has 0 bridgehead atoms. The molecule has 1 aromatic heterocycles. The summed E-state index contributed by atoms with van der Waals surface area (Å²) in [6.07, 6.45) is 1.76. The van der Waals surface area contributed by atoms with Gasteiger partial charge in [0.05, 0.1) is 6.20 Å². The lowest BCUT2D eigenvalue weighted by molar-refractivity contribution is 0.284. The Bertz CT molecular complexity index is 298. The predicted octanol–water partition coefficient (Wildman–Crippen LogP) is 1.54. The Morgan fingerprint density at radius 2 is 2.20 bits per heavy atom. The van der Waals surface area contributed by atoms with Crippen LogP contribution in [0.5, 0.6) is 0 Å². The van der Waals surface area contributed by atoms with Crippen molar-refractivity contribution < 1.29 is 0 Å². The van der Waals surface area contributed by atoms with E-state index in [1.54, 1.807) is 6.20 Å². The molecule has 15 heavy (non-hydrogen) atoms. The summed E-state index contributed by atoms with van der Waals surface area (Å²) in [6, 6.07) is 2.58. The first-order valence-corrected chi connectivity index (χ1v) is 5.33. The molecule has 84 valence electrons. The van der Waals surface area contributed by atoms with E-state index in [-0.39, 0.29) is 0 Å². The first-order valence-electron chi connectivity index (χ1n) is 5.33. The minimum absolute atomic E-state index is 0.579. The van der Waals surface area contributed by atoms with Crippen molar-refractivity contribution in [3.05, 3.63) is 17.8 Å². The largest absolute Gasteiger partial charge is 0.367 e. The SMILES string of the molecule is Cc1cnnc(NCCN(C)C(C)C)c1. The molecule has 0 atom stereocenters. The van der Waals surface area contributed by atoms with Crippen LogP contribution in [-0.4, -0.2) is 41.3 Å². The number of rotatable bonds is 5. The number of aryl methyl sites for hydroxylation is 1. The lowest BCUT2D eigenvalue weighted by Gasteiger charge is -2.20. The van der Waals surface area contributed by atoms with Crippen LogP contribution < -0.4 is 5.32 Å². The average molecular weight is 208 g/mol. The summed E-state index contributed by atoms with van der Waals surface area (Å²) in [7, 11) is 2.12. The lowest BCUT2D eigenvalue weighted by Crippen LogP contribution is -2.31. The number of nitrogens with one attached hydrogen (secondary N) is 1. The maximum absolute atomic E-state index is 4.00. The Labute approximate surface area is 91.7 Å². The second kappa shape index (κ2) is 5.66. The van der Waals surface area contributed by atoms with Crippen LogP contribution >= 0.6 is 0 Å². The highest BCUT2D eigenvalue weighted by atomic mass is 15.2.